The SMILES string of the molecule is CCOc1ccc(Nc2nc(C)c(C(=O)C=Cc3ccc(Cl)cc3Cl)s2)cc1. The zero-order valence-corrected chi connectivity index (χ0v) is 17.7. The van der Waals surface area contributed by atoms with Gasteiger partial charge in [0.25, 0.3) is 0 Å². The Kier molecular flexibility index (Phi) is 6.73. The molecule has 0 radical (unpaired) electrons. The minimum Gasteiger partial charge on any atom is -0.494 e. The Bertz CT molecular complexity index is 1010. The van der Waals surface area contributed by atoms with Gasteiger partial charge in [0.05, 0.1) is 17.2 Å². The summed E-state index contributed by atoms with van der Waals surface area (Å²) in [6, 6.07) is 12.7. The summed E-state index contributed by atoms with van der Waals surface area (Å²) in [5, 5.41) is 4.92. The predicted molar refractivity (Wildman–Crippen MR) is 118 cm³/mol. The number of hydrogen-bond acceptors (Lipinski definition) is 5. The maximum Gasteiger partial charge on any atom is 0.197 e. The van der Waals surface area contributed by atoms with Crippen LogP contribution in [0.4, 0.5) is 10.8 Å². The van der Waals surface area contributed by atoms with E-state index in [2.05, 4.69) is 10.3 Å². The molecule has 144 valence electrons. The molecular weight excluding hydrogens is 415 g/mol. The molecule has 28 heavy (non-hydrogen) atoms. The number of nitrogens with zero attached hydrogens (tertiary/aromatic N) is 1. The van der Waals surface area contributed by atoms with Gasteiger partial charge < -0.3 is 10.1 Å². The van der Waals surface area contributed by atoms with Crippen molar-refractivity contribution in [2.75, 3.05) is 11.9 Å². The van der Waals surface area contributed by atoms with Crippen molar-refractivity contribution in [3.63, 3.8) is 0 Å². The lowest BCUT2D eigenvalue weighted by Crippen LogP contribution is -1.93. The van der Waals surface area contributed by atoms with Crippen LogP contribution in [0.15, 0.2) is 48.5 Å². The Labute approximate surface area is 177 Å². The molecule has 1 N–H and O–H groups in total. The second-order valence-corrected chi connectivity index (χ2v) is 7.72. The summed E-state index contributed by atoms with van der Waals surface area (Å²) in [6.45, 7) is 4.38. The maximum atomic E-state index is 12.6. The number of carbonyl (C=O) groups excluding carboxylic acids is 1. The van der Waals surface area contributed by atoms with E-state index < -0.39 is 0 Å². The zero-order valence-electron chi connectivity index (χ0n) is 15.3. The lowest BCUT2D eigenvalue weighted by molar-refractivity contribution is 0.105. The summed E-state index contributed by atoms with van der Waals surface area (Å²) in [7, 11) is 0. The van der Waals surface area contributed by atoms with Crippen LogP contribution in [0.5, 0.6) is 5.75 Å². The van der Waals surface area contributed by atoms with E-state index in [1.807, 2.05) is 38.1 Å². The number of hydrogen-bond donors (Lipinski definition) is 1. The Morgan fingerprint density at radius 2 is 1.96 bits per heavy atom. The number of allylic oxidation sites excluding steroid dienone is 1. The van der Waals surface area contributed by atoms with Gasteiger partial charge in [-0.1, -0.05) is 40.6 Å². The first kappa shape index (κ1) is 20.4. The van der Waals surface area contributed by atoms with Crippen LogP contribution in [-0.2, 0) is 0 Å². The number of rotatable bonds is 7. The van der Waals surface area contributed by atoms with Crippen LogP contribution in [0.1, 0.15) is 27.9 Å². The fraction of sp³-hybridized carbons (Fsp3) is 0.143. The van der Waals surface area contributed by atoms with Crippen LogP contribution in [0, 0.1) is 6.92 Å². The van der Waals surface area contributed by atoms with Crippen molar-refractivity contribution in [1.29, 1.82) is 0 Å². The number of aryl methyl sites for hydroxylation is 1. The molecule has 3 aromatic rings. The van der Waals surface area contributed by atoms with E-state index >= 15 is 0 Å². The number of ketones is 1. The number of nitrogens with one attached hydrogen (secondary N) is 1. The number of anilines is 2. The highest BCUT2D eigenvalue weighted by molar-refractivity contribution is 7.17. The van der Waals surface area contributed by atoms with E-state index in [0.29, 0.717) is 32.4 Å². The van der Waals surface area contributed by atoms with Gasteiger partial charge in [0.1, 0.15) is 5.75 Å². The molecule has 1 heterocycles. The van der Waals surface area contributed by atoms with Gasteiger partial charge in [0.15, 0.2) is 10.9 Å². The molecule has 0 aliphatic carbocycles. The first-order valence-corrected chi connectivity index (χ1v) is 10.2. The summed E-state index contributed by atoms with van der Waals surface area (Å²) in [5.74, 6) is 0.686. The third kappa shape index (κ3) is 5.13. The molecule has 1 aromatic heterocycles. The lowest BCUT2D eigenvalue weighted by atomic mass is 10.2. The maximum absolute atomic E-state index is 12.6. The van der Waals surface area contributed by atoms with E-state index in [-0.39, 0.29) is 5.78 Å². The Hall–Kier alpha value is -2.34. The fourth-order valence-corrected chi connectivity index (χ4v) is 3.86. The topological polar surface area (TPSA) is 51.2 Å². The van der Waals surface area contributed by atoms with Crippen molar-refractivity contribution in [2.45, 2.75) is 13.8 Å². The van der Waals surface area contributed by atoms with Gasteiger partial charge in [-0.05, 0) is 68.0 Å². The van der Waals surface area contributed by atoms with Crippen molar-refractivity contribution >= 4 is 57.2 Å². The monoisotopic (exact) mass is 432 g/mol. The quantitative estimate of drug-likeness (QED) is 0.329. The minimum atomic E-state index is -0.124. The molecule has 0 amide bonds. The summed E-state index contributed by atoms with van der Waals surface area (Å²) in [6.07, 6.45) is 3.18. The van der Waals surface area contributed by atoms with Gasteiger partial charge in [-0.3, -0.25) is 4.79 Å². The number of carbonyl (C=O) groups is 1. The highest BCUT2D eigenvalue weighted by Crippen LogP contribution is 2.28. The molecule has 0 saturated heterocycles. The summed E-state index contributed by atoms with van der Waals surface area (Å²) < 4.78 is 5.43. The molecule has 0 aliphatic rings. The smallest absolute Gasteiger partial charge is 0.197 e. The average Bonchev–Trinajstić information content (AvgIpc) is 3.03. The average molecular weight is 433 g/mol. The Morgan fingerprint density at radius 1 is 1.21 bits per heavy atom. The normalized spacial score (nSPS) is 11.0. The van der Waals surface area contributed by atoms with E-state index in [4.69, 9.17) is 27.9 Å². The molecule has 7 heteroatoms. The van der Waals surface area contributed by atoms with Crippen LogP contribution in [0.2, 0.25) is 10.0 Å². The van der Waals surface area contributed by atoms with E-state index in [9.17, 15) is 4.79 Å². The number of aromatic nitrogens is 1. The molecule has 4 nitrogen and oxygen atoms in total. The zero-order chi connectivity index (χ0) is 20.1. The molecular formula is C21H18Cl2N2O2S. The van der Waals surface area contributed by atoms with Crippen molar-refractivity contribution in [3.8, 4) is 5.75 Å². The van der Waals surface area contributed by atoms with Gasteiger partial charge in [-0.2, -0.15) is 0 Å². The predicted octanol–water partition coefficient (Wildman–Crippen LogP) is 6.80. The van der Waals surface area contributed by atoms with Crippen LogP contribution >= 0.6 is 34.5 Å². The number of benzene rings is 2. The molecule has 0 saturated carbocycles. The number of ether oxygens (including phenoxy) is 1. The lowest BCUT2D eigenvalue weighted by Gasteiger charge is -2.05. The molecule has 3 rings (SSSR count). The van der Waals surface area contributed by atoms with E-state index in [1.54, 1.807) is 24.3 Å². The first-order valence-electron chi connectivity index (χ1n) is 8.61. The molecule has 0 aliphatic heterocycles. The molecule has 2 aromatic carbocycles. The van der Waals surface area contributed by atoms with Crippen molar-refractivity contribution in [2.24, 2.45) is 0 Å². The van der Waals surface area contributed by atoms with Crippen LogP contribution < -0.4 is 10.1 Å². The molecule has 0 fully saturated rings. The van der Waals surface area contributed by atoms with Gasteiger partial charge in [0, 0.05) is 15.7 Å². The highest BCUT2D eigenvalue weighted by atomic mass is 35.5. The van der Waals surface area contributed by atoms with E-state index in [0.717, 1.165) is 17.0 Å². The molecule has 0 unspecified atom stereocenters. The third-order valence-electron chi connectivity index (χ3n) is 3.81. The van der Waals surface area contributed by atoms with Gasteiger partial charge in [0.2, 0.25) is 0 Å². The largest absolute Gasteiger partial charge is 0.494 e. The van der Waals surface area contributed by atoms with Crippen molar-refractivity contribution in [3.05, 3.63) is 74.7 Å². The third-order valence-corrected chi connectivity index (χ3v) is 5.46. The Balaban J connectivity index is 1.72. The van der Waals surface area contributed by atoms with Gasteiger partial charge >= 0.3 is 0 Å². The number of halogens is 2. The number of thiazole rings is 1. The second kappa shape index (κ2) is 9.24. The fourth-order valence-electron chi connectivity index (χ4n) is 2.48. The summed E-state index contributed by atoms with van der Waals surface area (Å²) in [4.78, 5) is 17.6. The first-order chi connectivity index (χ1) is 13.5. The Morgan fingerprint density at radius 3 is 2.64 bits per heavy atom. The second-order valence-electron chi connectivity index (χ2n) is 5.88. The minimum absolute atomic E-state index is 0.124. The van der Waals surface area contributed by atoms with Crippen molar-refractivity contribution in [1.82, 2.24) is 4.98 Å². The standard InChI is InChI=1S/C21H18Cl2N2O2S/c1-3-27-17-9-7-16(8-10-17)25-21-24-13(2)20(28-21)19(26)11-5-14-4-6-15(22)12-18(14)23/h4-12H,3H2,1-2H3,(H,24,25). The summed E-state index contributed by atoms with van der Waals surface area (Å²) in [5.41, 5.74) is 2.28. The highest BCUT2D eigenvalue weighted by Gasteiger charge is 2.13. The molecule has 0 spiro atoms. The van der Waals surface area contributed by atoms with Gasteiger partial charge in [-0.25, -0.2) is 4.98 Å². The van der Waals surface area contributed by atoms with Crippen LogP contribution in [-0.4, -0.2) is 17.4 Å². The van der Waals surface area contributed by atoms with Crippen molar-refractivity contribution < 1.29 is 9.53 Å². The van der Waals surface area contributed by atoms with Crippen LogP contribution in [0.3, 0.4) is 0 Å². The molecule has 0 atom stereocenters. The van der Waals surface area contributed by atoms with Crippen LogP contribution in [0.25, 0.3) is 6.08 Å². The van der Waals surface area contributed by atoms with Gasteiger partial charge in [-0.15, -0.1) is 0 Å². The summed E-state index contributed by atoms with van der Waals surface area (Å²) >= 11 is 13.3. The molecule has 0 bridgehead atoms. The van der Waals surface area contributed by atoms with E-state index in [1.165, 1.54) is 17.4 Å².